The molecule has 0 saturated heterocycles. The van der Waals surface area contributed by atoms with E-state index in [0.717, 1.165) is 0 Å². The molecule has 0 spiro atoms. The highest BCUT2D eigenvalue weighted by atomic mass is 19.1. The Kier molecular flexibility index (Phi) is 5.99. The Balaban J connectivity index is 1.54. The van der Waals surface area contributed by atoms with E-state index in [4.69, 9.17) is 0 Å². The lowest BCUT2D eigenvalue weighted by molar-refractivity contribution is 0.102. The molecule has 4 heterocycles. The second kappa shape index (κ2) is 9.43. The van der Waals surface area contributed by atoms with Crippen LogP contribution in [0.4, 0.5) is 21.6 Å². The van der Waals surface area contributed by atoms with Gasteiger partial charge in [0.15, 0.2) is 5.65 Å². The molecule has 0 aliphatic rings. The lowest BCUT2D eigenvalue weighted by Crippen LogP contribution is -2.22. The molecule has 0 unspecified atom stereocenters. The molecule has 10 nitrogen and oxygen atoms in total. The van der Waals surface area contributed by atoms with Crippen molar-refractivity contribution in [3.05, 3.63) is 84.6 Å². The van der Waals surface area contributed by atoms with Crippen molar-refractivity contribution in [1.82, 2.24) is 29.9 Å². The van der Waals surface area contributed by atoms with Crippen molar-refractivity contribution in [3.8, 4) is 17.3 Å². The van der Waals surface area contributed by atoms with E-state index in [1.54, 1.807) is 38.2 Å². The summed E-state index contributed by atoms with van der Waals surface area (Å²) in [4.78, 5) is 37.7. The minimum absolute atomic E-state index is 0.0300. The molecular formula is C26H20FN9O. The molecule has 11 heteroatoms. The van der Waals surface area contributed by atoms with Gasteiger partial charge in [0, 0.05) is 11.8 Å². The van der Waals surface area contributed by atoms with Crippen molar-refractivity contribution >= 4 is 34.3 Å². The number of aromatic amines is 1. The zero-order chi connectivity index (χ0) is 26.0. The van der Waals surface area contributed by atoms with Crippen LogP contribution < -0.4 is 10.6 Å². The van der Waals surface area contributed by atoms with Crippen LogP contribution in [-0.4, -0.2) is 35.8 Å². The van der Waals surface area contributed by atoms with Crippen molar-refractivity contribution < 1.29 is 9.18 Å². The van der Waals surface area contributed by atoms with Crippen LogP contribution in [0.25, 0.3) is 22.4 Å². The molecule has 37 heavy (non-hydrogen) atoms. The number of imidazole rings is 1. The molecule has 0 saturated carbocycles. The normalized spacial score (nSPS) is 11.2. The summed E-state index contributed by atoms with van der Waals surface area (Å²) >= 11 is 0. The van der Waals surface area contributed by atoms with E-state index in [0.29, 0.717) is 39.6 Å². The molecule has 0 aliphatic heterocycles. The molecule has 0 bridgehead atoms. The number of amides is 1. The number of carbonyl (C=O) groups is 1. The van der Waals surface area contributed by atoms with Crippen LogP contribution in [0.3, 0.4) is 0 Å². The zero-order valence-corrected chi connectivity index (χ0v) is 19.8. The summed E-state index contributed by atoms with van der Waals surface area (Å²) in [5.74, 6) is -0.719. The Labute approximate surface area is 210 Å². The Morgan fingerprint density at radius 2 is 1.86 bits per heavy atom. The smallest absolute Gasteiger partial charge is 0.274 e. The second-order valence-electron chi connectivity index (χ2n) is 8.61. The van der Waals surface area contributed by atoms with E-state index in [-0.39, 0.29) is 11.4 Å². The number of fused-ring (bicyclic) bond motifs is 1. The van der Waals surface area contributed by atoms with Gasteiger partial charge in [0.05, 0.1) is 34.9 Å². The highest BCUT2D eigenvalue weighted by molar-refractivity contribution is 6.03. The third-order valence-corrected chi connectivity index (χ3v) is 5.65. The van der Waals surface area contributed by atoms with Gasteiger partial charge in [0.25, 0.3) is 5.91 Å². The summed E-state index contributed by atoms with van der Waals surface area (Å²) in [7, 11) is 0. The third kappa shape index (κ3) is 4.55. The van der Waals surface area contributed by atoms with Crippen LogP contribution in [-0.2, 0) is 5.41 Å². The number of pyridine rings is 2. The molecule has 0 atom stereocenters. The maximum absolute atomic E-state index is 14.0. The largest absolute Gasteiger partial charge is 0.338 e. The van der Waals surface area contributed by atoms with Crippen molar-refractivity contribution in [2.24, 2.45) is 0 Å². The van der Waals surface area contributed by atoms with Crippen LogP contribution in [0.2, 0.25) is 0 Å². The Morgan fingerprint density at radius 1 is 1.03 bits per heavy atom. The Hall–Kier alpha value is -5.24. The molecule has 1 aromatic carbocycles. The van der Waals surface area contributed by atoms with Crippen molar-refractivity contribution in [3.63, 3.8) is 0 Å². The van der Waals surface area contributed by atoms with Gasteiger partial charge in [-0.25, -0.2) is 29.3 Å². The summed E-state index contributed by atoms with van der Waals surface area (Å²) in [5, 5.41) is 15.6. The Morgan fingerprint density at radius 3 is 2.68 bits per heavy atom. The maximum atomic E-state index is 14.0. The minimum Gasteiger partial charge on any atom is -0.338 e. The number of H-pyrrole nitrogens is 1. The van der Waals surface area contributed by atoms with E-state index >= 15 is 0 Å². The number of rotatable bonds is 6. The fraction of sp³-hybridized carbons (Fsp3) is 0.115. The molecule has 4 aromatic heterocycles. The molecule has 5 rings (SSSR count). The first-order valence-corrected chi connectivity index (χ1v) is 11.2. The molecule has 0 fully saturated rings. The predicted octanol–water partition coefficient (Wildman–Crippen LogP) is 4.75. The number of halogens is 1. The molecule has 1 amide bonds. The van der Waals surface area contributed by atoms with E-state index in [1.807, 2.05) is 6.07 Å². The van der Waals surface area contributed by atoms with Crippen LogP contribution in [0.15, 0.2) is 67.4 Å². The molecule has 0 radical (unpaired) electrons. The third-order valence-electron chi connectivity index (χ3n) is 5.65. The number of aromatic nitrogens is 6. The first kappa shape index (κ1) is 23.5. The second-order valence-corrected chi connectivity index (χ2v) is 8.61. The number of carbonyl (C=O) groups excluding carboxylic acids is 1. The van der Waals surface area contributed by atoms with Crippen LogP contribution in [0.1, 0.15) is 30.0 Å². The maximum Gasteiger partial charge on any atom is 0.274 e. The lowest BCUT2D eigenvalue weighted by Gasteiger charge is -2.21. The van der Waals surface area contributed by atoms with Gasteiger partial charge in [-0.15, -0.1) is 0 Å². The fourth-order valence-electron chi connectivity index (χ4n) is 3.75. The van der Waals surface area contributed by atoms with E-state index in [1.165, 1.54) is 36.9 Å². The number of benzene rings is 1. The average molecular weight is 494 g/mol. The van der Waals surface area contributed by atoms with E-state index < -0.39 is 17.1 Å². The van der Waals surface area contributed by atoms with E-state index in [9.17, 15) is 14.4 Å². The van der Waals surface area contributed by atoms with Gasteiger partial charge in [-0.1, -0.05) is 12.1 Å². The summed E-state index contributed by atoms with van der Waals surface area (Å²) in [6.07, 6.45) is 4.59. The Bertz CT molecular complexity index is 1670. The monoisotopic (exact) mass is 493 g/mol. The fourth-order valence-corrected chi connectivity index (χ4v) is 3.75. The summed E-state index contributed by atoms with van der Waals surface area (Å²) < 4.78 is 14.0. The first-order valence-electron chi connectivity index (χ1n) is 11.2. The predicted molar refractivity (Wildman–Crippen MR) is 135 cm³/mol. The van der Waals surface area contributed by atoms with Gasteiger partial charge >= 0.3 is 0 Å². The van der Waals surface area contributed by atoms with Crippen LogP contribution in [0.5, 0.6) is 0 Å². The molecule has 5 aromatic rings. The molecular weight excluding hydrogens is 473 g/mol. The number of nitrogens with zero attached hydrogens (tertiary/aromatic N) is 6. The summed E-state index contributed by atoms with van der Waals surface area (Å²) in [5.41, 5.74) is 2.17. The number of anilines is 3. The highest BCUT2D eigenvalue weighted by Gasteiger charge is 2.28. The SMILES string of the molecule is CC(C)(C#N)c1nc(C(=O)Nc2ccccc2F)ccc1Nc1ncccc1-c1ncnc2[nH]cnc12. The molecule has 182 valence electrons. The van der Waals surface area contributed by atoms with Crippen LogP contribution in [0, 0.1) is 17.1 Å². The van der Waals surface area contributed by atoms with Gasteiger partial charge in [-0.2, -0.15) is 5.26 Å². The van der Waals surface area contributed by atoms with Crippen LogP contribution >= 0.6 is 0 Å². The standard InChI is InChI=1S/C26H20FN9O/c1-26(2,12-28)22-18(9-10-19(34-22)25(37)36-17-8-4-3-7-16(17)27)35-23-15(6-5-11-29-23)20-21-24(32-13-30-20)33-14-31-21/h3-11,13-14H,1-2H3,(H,29,35)(H,36,37)(H,30,31,32,33). The quantitative estimate of drug-likeness (QED) is 0.307. The van der Waals surface area contributed by atoms with Crippen molar-refractivity contribution in [1.29, 1.82) is 5.26 Å². The van der Waals surface area contributed by atoms with Gasteiger partial charge in [-0.05, 0) is 50.2 Å². The minimum atomic E-state index is -1.07. The van der Waals surface area contributed by atoms with Crippen molar-refractivity contribution in [2.75, 3.05) is 10.6 Å². The van der Waals surface area contributed by atoms with Gasteiger partial charge in [0.1, 0.15) is 34.9 Å². The number of nitrogens with one attached hydrogen (secondary N) is 3. The van der Waals surface area contributed by atoms with E-state index in [2.05, 4.69) is 46.6 Å². The lowest BCUT2D eigenvalue weighted by atomic mass is 9.89. The number of nitriles is 1. The van der Waals surface area contributed by atoms with Gasteiger partial charge < -0.3 is 15.6 Å². The molecule has 3 N–H and O–H groups in total. The zero-order valence-electron chi connectivity index (χ0n) is 19.8. The number of hydrogen-bond acceptors (Lipinski definition) is 8. The van der Waals surface area contributed by atoms with Crippen molar-refractivity contribution in [2.45, 2.75) is 19.3 Å². The highest BCUT2D eigenvalue weighted by Crippen LogP contribution is 2.34. The number of para-hydroxylation sites is 1. The topological polar surface area (TPSA) is 145 Å². The average Bonchev–Trinajstić information content (AvgIpc) is 3.40. The van der Waals surface area contributed by atoms with Gasteiger partial charge in [-0.3, -0.25) is 4.79 Å². The first-order chi connectivity index (χ1) is 17.9. The van der Waals surface area contributed by atoms with Gasteiger partial charge in [0.2, 0.25) is 0 Å². The number of hydrogen-bond donors (Lipinski definition) is 3. The summed E-state index contributed by atoms with van der Waals surface area (Å²) in [6.45, 7) is 3.38. The molecule has 0 aliphatic carbocycles. The summed E-state index contributed by atoms with van der Waals surface area (Å²) in [6, 6.07) is 14.8.